The van der Waals surface area contributed by atoms with Crippen LogP contribution in [0.5, 0.6) is 0 Å². The molecule has 0 aliphatic carbocycles. The Morgan fingerprint density at radius 2 is 2.06 bits per heavy atom. The summed E-state index contributed by atoms with van der Waals surface area (Å²) in [4.78, 5) is 34.8. The number of pyridine rings is 2. The molecule has 1 aliphatic rings. The van der Waals surface area contributed by atoms with Crippen molar-refractivity contribution in [1.82, 2.24) is 34.8 Å². The van der Waals surface area contributed by atoms with Gasteiger partial charge in [-0.2, -0.15) is 0 Å². The predicted molar refractivity (Wildman–Crippen MR) is 128 cm³/mol. The number of hydrogen-bond acceptors (Lipinski definition) is 9. The Labute approximate surface area is 201 Å². The van der Waals surface area contributed by atoms with Gasteiger partial charge in [-0.1, -0.05) is 0 Å². The van der Waals surface area contributed by atoms with Gasteiger partial charge >= 0.3 is 0 Å². The highest BCUT2D eigenvalue weighted by atomic mass is 16.5. The van der Waals surface area contributed by atoms with Crippen LogP contribution < -0.4 is 10.6 Å². The molecule has 0 bridgehead atoms. The molecule has 180 valence electrons. The average molecular weight is 475 g/mol. The van der Waals surface area contributed by atoms with Gasteiger partial charge in [0.2, 0.25) is 0 Å². The number of ether oxygens (including phenoxy) is 1. The van der Waals surface area contributed by atoms with E-state index in [4.69, 9.17) is 14.7 Å². The Morgan fingerprint density at radius 1 is 1.20 bits per heavy atom. The molecule has 1 aliphatic heterocycles. The molecule has 11 nitrogen and oxygen atoms in total. The zero-order valence-electron chi connectivity index (χ0n) is 19.6. The number of likely N-dealkylation sites (N-methyl/N-ethyl adjacent to an activating group) is 1. The first-order valence-electron chi connectivity index (χ1n) is 11.3. The van der Waals surface area contributed by atoms with Crippen LogP contribution in [0.3, 0.4) is 0 Å². The number of aliphatic hydroxyl groups excluding tert-OH is 1. The van der Waals surface area contributed by atoms with Crippen LogP contribution in [-0.4, -0.2) is 59.8 Å². The average Bonchev–Trinajstić information content (AvgIpc) is 3.45. The quantitative estimate of drug-likeness (QED) is 0.382. The second-order valence-corrected chi connectivity index (χ2v) is 8.58. The van der Waals surface area contributed by atoms with E-state index >= 15 is 0 Å². The van der Waals surface area contributed by atoms with Gasteiger partial charge in [-0.25, -0.2) is 15.0 Å². The maximum absolute atomic E-state index is 12.1. The van der Waals surface area contributed by atoms with Gasteiger partial charge in [0.25, 0.3) is 5.91 Å². The summed E-state index contributed by atoms with van der Waals surface area (Å²) < 4.78 is 7.61. The zero-order valence-corrected chi connectivity index (χ0v) is 19.6. The van der Waals surface area contributed by atoms with Crippen molar-refractivity contribution >= 4 is 22.9 Å². The molecule has 1 saturated heterocycles. The van der Waals surface area contributed by atoms with E-state index in [1.807, 2.05) is 32.0 Å². The number of hydrogen-bond donors (Lipinski definition) is 3. The number of anilines is 1. The van der Waals surface area contributed by atoms with Gasteiger partial charge in [0.05, 0.1) is 24.7 Å². The molecule has 35 heavy (non-hydrogen) atoms. The highest BCUT2D eigenvalue weighted by Crippen LogP contribution is 2.33. The molecule has 0 aromatic carbocycles. The van der Waals surface area contributed by atoms with Crippen molar-refractivity contribution in [3.8, 4) is 11.4 Å². The first-order chi connectivity index (χ1) is 16.9. The number of nitrogens with zero attached hydrogens (tertiary/aromatic N) is 6. The summed E-state index contributed by atoms with van der Waals surface area (Å²) in [6, 6.07) is 5.90. The molecule has 3 atom stereocenters. The normalized spacial score (nSPS) is 19.7. The van der Waals surface area contributed by atoms with Crippen molar-refractivity contribution in [2.24, 2.45) is 0 Å². The molecule has 1 fully saturated rings. The third-order valence-corrected chi connectivity index (χ3v) is 5.87. The second-order valence-electron chi connectivity index (χ2n) is 8.58. The molecule has 3 N–H and O–H groups in total. The lowest BCUT2D eigenvalue weighted by Crippen LogP contribution is -2.38. The Morgan fingerprint density at radius 3 is 2.83 bits per heavy atom. The molecule has 1 amide bonds. The fraction of sp³-hybridized carbons (Fsp3) is 0.333. The van der Waals surface area contributed by atoms with Crippen LogP contribution in [-0.2, 0) is 16.1 Å². The lowest BCUT2D eigenvalue weighted by atomic mass is 10.1. The first-order valence-corrected chi connectivity index (χ1v) is 11.3. The fourth-order valence-corrected chi connectivity index (χ4v) is 4.13. The summed E-state index contributed by atoms with van der Waals surface area (Å²) in [5, 5.41) is 16.3. The minimum atomic E-state index is -0.963. The van der Waals surface area contributed by atoms with Crippen molar-refractivity contribution in [3.05, 3.63) is 59.9 Å². The van der Waals surface area contributed by atoms with Gasteiger partial charge in [-0.3, -0.25) is 19.3 Å². The van der Waals surface area contributed by atoms with Gasteiger partial charge in [-0.15, -0.1) is 0 Å². The molecule has 0 unspecified atom stereocenters. The van der Waals surface area contributed by atoms with Crippen molar-refractivity contribution in [2.45, 2.75) is 45.2 Å². The molecule has 0 saturated carbocycles. The van der Waals surface area contributed by atoms with Crippen LogP contribution in [0.4, 0.5) is 5.82 Å². The van der Waals surface area contributed by atoms with E-state index in [0.717, 1.165) is 22.4 Å². The van der Waals surface area contributed by atoms with E-state index in [1.165, 1.54) is 7.05 Å². The number of fused-ring (bicyclic) bond motifs is 1. The van der Waals surface area contributed by atoms with Crippen LogP contribution >= 0.6 is 0 Å². The monoisotopic (exact) mass is 474 g/mol. The largest absolute Gasteiger partial charge is 0.390 e. The molecule has 4 aromatic rings. The van der Waals surface area contributed by atoms with Gasteiger partial charge < -0.3 is 20.5 Å². The number of amides is 1. The van der Waals surface area contributed by atoms with Crippen molar-refractivity contribution in [2.75, 3.05) is 12.4 Å². The Balaban J connectivity index is 1.55. The van der Waals surface area contributed by atoms with Crippen LogP contribution in [0, 0.1) is 13.8 Å². The van der Waals surface area contributed by atoms with E-state index in [0.29, 0.717) is 29.4 Å². The fourth-order valence-electron chi connectivity index (χ4n) is 4.13. The number of carbonyl (C=O) groups excluding carboxylic acids is 1. The SMILES string of the molecule is CNC(=O)[C@H]1O[C@@H](n2cnc3c(NCc4cc(C)ccn4)nc(-c4cncc(C)c4)nc32)C[C@@H]1O. The van der Waals surface area contributed by atoms with Crippen molar-refractivity contribution in [3.63, 3.8) is 0 Å². The maximum Gasteiger partial charge on any atom is 0.251 e. The highest BCUT2D eigenvalue weighted by molar-refractivity contribution is 5.85. The second kappa shape index (κ2) is 9.35. The van der Waals surface area contributed by atoms with E-state index in [1.54, 1.807) is 29.5 Å². The minimum absolute atomic E-state index is 0.227. The third-order valence-electron chi connectivity index (χ3n) is 5.87. The van der Waals surface area contributed by atoms with E-state index in [9.17, 15) is 9.90 Å². The number of aromatic nitrogens is 6. The van der Waals surface area contributed by atoms with E-state index in [-0.39, 0.29) is 12.3 Å². The van der Waals surface area contributed by atoms with Crippen molar-refractivity contribution < 1.29 is 14.6 Å². The first kappa shape index (κ1) is 22.8. The molecule has 0 radical (unpaired) electrons. The highest BCUT2D eigenvalue weighted by Gasteiger charge is 2.40. The Kier molecular flexibility index (Phi) is 6.10. The number of imidazole rings is 1. The number of rotatable bonds is 6. The summed E-state index contributed by atoms with van der Waals surface area (Å²) in [5.41, 5.74) is 4.78. The number of carbonyl (C=O) groups is 1. The number of aryl methyl sites for hydroxylation is 2. The van der Waals surface area contributed by atoms with Crippen LogP contribution in [0.1, 0.15) is 29.5 Å². The number of nitrogens with one attached hydrogen (secondary N) is 2. The molecule has 0 spiro atoms. The van der Waals surface area contributed by atoms with Gasteiger partial charge in [0.1, 0.15) is 6.23 Å². The summed E-state index contributed by atoms with van der Waals surface area (Å²) >= 11 is 0. The smallest absolute Gasteiger partial charge is 0.251 e. The Bertz CT molecular complexity index is 1390. The molecule has 5 heterocycles. The zero-order chi connectivity index (χ0) is 24.5. The van der Waals surface area contributed by atoms with E-state index in [2.05, 4.69) is 25.6 Å². The van der Waals surface area contributed by atoms with Crippen LogP contribution in [0.15, 0.2) is 43.1 Å². The Hall–Kier alpha value is -3.96. The lowest BCUT2D eigenvalue weighted by molar-refractivity contribution is -0.137. The summed E-state index contributed by atoms with van der Waals surface area (Å²) in [6.45, 7) is 4.42. The number of aliphatic hydroxyl groups is 1. The summed E-state index contributed by atoms with van der Waals surface area (Å²) in [6.07, 6.45) is 4.55. The molecule has 4 aromatic heterocycles. The van der Waals surface area contributed by atoms with Gasteiger partial charge in [0.15, 0.2) is 28.9 Å². The van der Waals surface area contributed by atoms with Gasteiger partial charge in [-0.05, 0) is 43.2 Å². The lowest BCUT2D eigenvalue weighted by Gasteiger charge is -2.15. The maximum atomic E-state index is 12.1. The van der Waals surface area contributed by atoms with Crippen molar-refractivity contribution in [1.29, 1.82) is 0 Å². The summed E-state index contributed by atoms with van der Waals surface area (Å²) in [5.74, 6) is 0.630. The molecular formula is C24H26N8O3. The van der Waals surface area contributed by atoms with Crippen LogP contribution in [0.25, 0.3) is 22.6 Å². The molecule has 11 heteroatoms. The van der Waals surface area contributed by atoms with Crippen LogP contribution in [0.2, 0.25) is 0 Å². The standard InChI is InChI=1S/C24H26N8O3/c1-13-4-5-27-16(7-13)11-28-22-19-23(31-21(30-22)15-6-14(2)9-26-10-15)32(12-29-19)18-8-17(33)20(35-18)24(34)25-3/h4-7,9-10,12,17-18,20,33H,8,11H2,1-3H3,(H,25,34)(H,28,30,31)/t17-,18+,20-/m0/s1. The predicted octanol–water partition coefficient (Wildman–Crippen LogP) is 1.91. The third kappa shape index (κ3) is 4.55. The molecule has 5 rings (SSSR count). The topological polar surface area (TPSA) is 140 Å². The molecular weight excluding hydrogens is 448 g/mol. The summed E-state index contributed by atoms with van der Waals surface area (Å²) in [7, 11) is 1.51. The van der Waals surface area contributed by atoms with E-state index < -0.39 is 18.4 Å². The minimum Gasteiger partial charge on any atom is -0.390 e. The van der Waals surface area contributed by atoms with Gasteiger partial charge in [0, 0.05) is 37.6 Å².